The Balaban J connectivity index is 1.99. The summed E-state index contributed by atoms with van der Waals surface area (Å²) in [4.78, 5) is 14.4. The van der Waals surface area contributed by atoms with Gasteiger partial charge in [0, 0.05) is 26.2 Å². The highest BCUT2D eigenvalue weighted by Crippen LogP contribution is 2.18. The van der Waals surface area contributed by atoms with Gasteiger partial charge in [0.1, 0.15) is 0 Å². The van der Waals surface area contributed by atoms with Gasteiger partial charge < -0.3 is 4.90 Å². The van der Waals surface area contributed by atoms with Crippen LogP contribution < -0.4 is 0 Å². The van der Waals surface area contributed by atoms with E-state index in [1.807, 2.05) is 20.8 Å². The summed E-state index contributed by atoms with van der Waals surface area (Å²) in [6, 6.07) is 4.20. The van der Waals surface area contributed by atoms with Crippen molar-refractivity contribution in [3.05, 3.63) is 34.4 Å². The largest absolute Gasteiger partial charge is 0.340 e. The predicted octanol–water partition coefficient (Wildman–Crippen LogP) is 2.04. The van der Waals surface area contributed by atoms with E-state index in [9.17, 15) is 13.2 Å². The molecule has 0 unspecified atom stereocenters. The van der Waals surface area contributed by atoms with Gasteiger partial charge in [0.15, 0.2) is 0 Å². The summed E-state index contributed by atoms with van der Waals surface area (Å²) in [6.07, 6.45) is 1.01. The third kappa shape index (κ3) is 4.36. The zero-order valence-corrected chi connectivity index (χ0v) is 15.9. The Labute approximate surface area is 145 Å². The lowest BCUT2D eigenvalue weighted by atomic mass is 9.97. The molecule has 6 heteroatoms. The van der Waals surface area contributed by atoms with Gasteiger partial charge in [-0.2, -0.15) is 4.31 Å². The molecule has 24 heavy (non-hydrogen) atoms. The highest BCUT2D eigenvalue weighted by atomic mass is 32.2. The van der Waals surface area contributed by atoms with Crippen molar-refractivity contribution in [2.45, 2.75) is 40.5 Å². The number of rotatable bonds is 5. The summed E-state index contributed by atoms with van der Waals surface area (Å²) in [7, 11) is -3.16. The molecular formula is C18H28N2O3S. The summed E-state index contributed by atoms with van der Waals surface area (Å²) in [5.41, 5.74) is 4.58. The second kappa shape index (κ2) is 7.66. The first-order valence-electron chi connectivity index (χ1n) is 8.57. The van der Waals surface area contributed by atoms with Crippen LogP contribution in [0.1, 0.15) is 35.6 Å². The number of hydrogen-bond acceptors (Lipinski definition) is 3. The number of amides is 1. The standard InChI is InChI=1S/C18H28N2O3S/c1-5-10-24(22,23)20-8-6-19(7-9-20)18(21)13-17-15(3)11-14(2)12-16(17)4/h11-12H,5-10,13H2,1-4H3. The van der Waals surface area contributed by atoms with Gasteiger partial charge in [-0.25, -0.2) is 8.42 Å². The molecule has 1 aliphatic rings. The van der Waals surface area contributed by atoms with Crippen LogP contribution in [0, 0.1) is 20.8 Å². The van der Waals surface area contributed by atoms with E-state index in [0.29, 0.717) is 39.0 Å². The SMILES string of the molecule is CCCS(=O)(=O)N1CCN(C(=O)Cc2c(C)cc(C)cc2C)CC1. The van der Waals surface area contributed by atoms with Crippen LogP contribution in [0.5, 0.6) is 0 Å². The maximum atomic E-state index is 12.6. The molecule has 1 aliphatic heterocycles. The second-order valence-corrected chi connectivity index (χ2v) is 8.74. The average molecular weight is 353 g/mol. The first-order chi connectivity index (χ1) is 11.2. The van der Waals surface area contributed by atoms with E-state index in [-0.39, 0.29) is 11.7 Å². The Hall–Kier alpha value is -1.40. The van der Waals surface area contributed by atoms with E-state index in [4.69, 9.17) is 0 Å². The van der Waals surface area contributed by atoms with E-state index < -0.39 is 10.0 Å². The maximum absolute atomic E-state index is 12.6. The van der Waals surface area contributed by atoms with Crippen molar-refractivity contribution < 1.29 is 13.2 Å². The number of nitrogens with zero attached hydrogens (tertiary/aromatic N) is 2. The minimum absolute atomic E-state index is 0.0811. The van der Waals surface area contributed by atoms with Gasteiger partial charge in [0.05, 0.1) is 12.2 Å². The molecule has 1 aromatic rings. The van der Waals surface area contributed by atoms with Gasteiger partial charge in [-0.1, -0.05) is 24.6 Å². The molecule has 0 aromatic heterocycles. The third-order valence-corrected chi connectivity index (χ3v) is 6.69. The monoisotopic (exact) mass is 352 g/mol. The molecule has 0 atom stereocenters. The van der Waals surface area contributed by atoms with Gasteiger partial charge in [-0.3, -0.25) is 4.79 Å². The number of carbonyl (C=O) groups excluding carboxylic acids is 1. The molecule has 1 aromatic carbocycles. The molecule has 1 heterocycles. The molecule has 0 saturated carbocycles. The normalized spacial score (nSPS) is 16.4. The van der Waals surface area contributed by atoms with Crippen LogP contribution >= 0.6 is 0 Å². The van der Waals surface area contributed by atoms with Crippen LogP contribution in [-0.2, 0) is 21.2 Å². The highest BCUT2D eigenvalue weighted by molar-refractivity contribution is 7.89. The minimum Gasteiger partial charge on any atom is -0.340 e. The number of hydrogen-bond donors (Lipinski definition) is 0. The Morgan fingerprint density at radius 2 is 1.58 bits per heavy atom. The summed E-state index contributed by atoms with van der Waals surface area (Å²) >= 11 is 0. The van der Waals surface area contributed by atoms with E-state index in [0.717, 1.165) is 16.7 Å². The van der Waals surface area contributed by atoms with E-state index in [1.54, 1.807) is 4.90 Å². The van der Waals surface area contributed by atoms with Crippen LogP contribution in [0.4, 0.5) is 0 Å². The number of sulfonamides is 1. The fourth-order valence-electron chi connectivity index (χ4n) is 3.35. The predicted molar refractivity (Wildman–Crippen MR) is 96.6 cm³/mol. The van der Waals surface area contributed by atoms with Crippen molar-refractivity contribution in [3.63, 3.8) is 0 Å². The average Bonchev–Trinajstić information content (AvgIpc) is 2.50. The van der Waals surface area contributed by atoms with Crippen molar-refractivity contribution >= 4 is 15.9 Å². The summed E-state index contributed by atoms with van der Waals surface area (Å²) < 4.78 is 25.7. The lowest BCUT2D eigenvalue weighted by molar-refractivity contribution is -0.131. The van der Waals surface area contributed by atoms with Gasteiger partial charge in [-0.15, -0.1) is 0 Å². The number of aryl methyl sites for hydroxylation is 3. The smallest absolute Gasteiger partial charge is 0.227 e. The van der Waals surface area contributed by atoms with Crippen molar-refractivity contribution in [2.75, 3.05) is 31.9 Å². The van der Waals surface area contributed by atoms with Crippen LogP contribution in [0.3, 0.4) is 0 Å². The Morgan fingerprint density at radius 3 is 2.08 bits per heavy atom. The zero-order chi connectivity index (χ0) is 17.9. The first-order valence-corrected chi connectivity index (χ1v) is 10.2. The van der Waals surface area contributed by atoms with Crippen molar-refractivity contribution in [1.82, 2.24) is 9.21 Å². The fraction of sp³-hybridized carbons (Fsp3) is 0.611. The quantitative estimate of drug-likeness (QED) is 0.815. The fourth-order valence-corrected chi connectivity index (χ4v) is 4.85. The van der Waals surface area contributed by atoms with Crippen LogP contribution in [0.15, 0.2) is 12.1 Å². The summed E-state index contributed by atoms with van der Waals surface area (Å²) in [5.74, 6) is 0.264. The molecule has 1 fully saturated rings. The zero-order valence-electron chi connectivity index (χ0n) is 15.1. The lowest BCUT2D eigenvalue weighted by Gasteiger charge is -2.34. The Morgan fingerprint density at radius 1 is 1.04 bits per heavy atom. The van der Waals surface area contributed by atoms with E-state index >= 15 is 0 Å². The molecule has 0 bridgehead atoms. The number of carbonyl (C=O) groups is 1. The van der Waals surface area contributed by atoms with Gasteiger partial charge >= 0.3 is 0 Å². The summed E-state index contributed by atoms with van der Waals surface area (Å²) in [6.45, 7) is 9.76. The summed E-state index contributed by atoms with van der Waals surface area (Å²) in [5, 5.41) is 0. The molecule has 1 amide bonds. The van der Waals surface area contributed by atoms with Crippen LogP contribution in [0.25, 0.3) is 0 Å². The molecular weight excluding hydrogens is 324 g/mol. The van der Waals surface area contributed by atoms with E-state index in [1.165, 1.54) is 9.87 Å². The lowest BCUT2D eigenvalue weighted by Crippen LogP contribution is -2.51. The van der Waals surface area contributed by atoms with Crippen molar-refractivity contribution in [2.24, 2.45) is 0 Å². The molecule has 5 nitrogen and oxygen atoms in total. The third-order valence-electron chi connectivity index (χ3n) is 4.62. The molecule has 1 saturated heterocycles. The van der Waals surface area contributed by atoms with Crippen LogP contribution in [0.2, 0.25) is 0 Å². The first kappa shape index (κ1) is 18.9. The molecule has 2 rings (SSSR count). The van der Waals surface area contributed by atoms with E-state index in [2.05, 4.69) is 19.1 Å². The highest BCUT2D eigenvalue weighted by Gasteiger charge is 2.28. The second-order valence-electron chi connectivity index (χ2n) is 6.65. The van der Waals surface area contributed by atoms with Gasteiger partial charge in [-0.05, 0) is 43.9 Å². The Kier molecular flexibility index (Phi) is 6.04. The molecule has 134 valence electrons. The molecule has 0 spiro atoms. The Bertz CT molecular complexity index is 682. The number of benzene rings is 1. The van der Waals surface area contributed by atoms with Crippen LogP contribution in [-0.4, -0.2) is 55.5 Å². The van der Waals surface area contributed by atoms with Gasteiger partial charge in [0.2, 0.25) is 15.9 Å². The topological polar surface area (TPSA) is 57.7 Å². The van der Waals surface area contributed by atoms with Crippen molar-refractivity contribution in [3.8, 4) is 0 Å². The molecule has 0 aliphatic carbocycles. The minimum atomic E-state index is -3.16. The number of piperazine rings is 1. The molecule has 0 N–H and O–H groups in total. The van der Waals surface area contributed by atoms with Gasteiger partial charge in [0.25, 0.3) is 0 Å². The maximum Gasteiger partial charge on any atom is 0.227 e. The van der Waals surface area contributed by atoms with Crippen molar-refractivity contribution in [1.29, 1.82) is 0 Å². The molecule has 0 radical (unpaired) electrons.